The van der Waals surface area contributed by atoms with Gasteiger partial charge in [0, 0.05) is 5.92 Å². The van der Waals surface area contributed by atoms with Crippen molar-refractivity contribution in [2.75, 3.05) is 19.6 Å². The van der Waals surface area contributed by atoms with Crippen LogP contribution in [0.3, 0.4) is 0 Å². The van der Waals surface area contributed by atoms with E-state index in [1.807, 2.05) is 13.8 Å². The van der Waals surface area contributed by atoms with Gasteiger partial charge in [-0.15, -0.1) is 0 Å². The first kappa shape index (κ1) is 17.6. The number of aliphatic hydroxyl groups is 2. The molecule has 0 aromatic rings. The van der Waals surface area contributed by atoms with Crippen LogP contribution in [0.1, 0.15) is 47.5 Å². The van der Waals surface area contributed by atoms with Crippen LogP contribution in [0.2, 0.25) is 0 Å². The number of quaternary nitrogens is 1. The zero-order valence-electron chi connectivity index (χ0n) is 12.7. The SMILES string of the molecule is CC(C)=CCC[C@H](C)C[NH+](C[C@@H](C)O)C[C@@H](C)O. The molecule has 0 aliphatic carbocycles. The van der Waals surface area contributed by atoms with E-state index in [9.17, 15) is 10.2 Å². The third kappa shape index (κ3) is 10.8. The van der Waals surface area contributed by atoms with Crippen LogP contribution in [-0.4, -0.2) is 42.1 Å². The Morgan fingerprint density at radius 3 is 1.89 bits per heavy atom. The van der Waals surface area contributed by atoms with Crippen LogP contribution in [0.5, 0.6) is 0 Å². The van der Waals surface area contributed by atoms with Gasteiger partial charge in [-0.2, -0.15) is 0 Å². The molecule has 108 valence electrons. The summed E-state index contributed by atoms with van der Waals surface area (Å²) in [5.41, 5.74) is 1.37. The van der Waals surface area contributed by atoms with Gasteiger partial charge in [-0.05, 0) is 40.5 Å². The Morgan fingerprint density at radius 1 is 1.00 bits per heavy atom. The molecular formula is C15H32NO2+. The number of aliphatic hydroxyl groups excluding tert-OH is 2. The molecule has 18 heavy (non-hydrogen) atoms. The highest BCUT2D eigenvalue weighted by Crippen LogP contribution is 2.05. The van der Waals surface area contributed by atoms with Crippen molar-refractivity contribution in [2.24, 2.45) is 5.92 Å². The standard InChI is InChI=1S/C15H31NO2/c1-12(2)7-6-8-13(3)9-16(10-14(4)17)11-15(5)18/h7,13-15,17-18H,6,8-11H2,1-5H3/p+1/t13-,14+,15+/m0/s1. The maximum absolute atomic E-state index is 9.49. The Balaban J connectivity index is 4.08. The third-order valence-corrected chi connectivity index (χ3v) is 3.02. The smallest absolute Gasteiger partial charge is 0.103 e. The number of rotatable bonds is 9. The Hall–Kier alpha value is -0.380. The molecule has 0 spiro atoms. The quantitative estimate of drug-likeness (QED) is 0.541. The lowest BCUT2D eigenvalue weighted by molar-refractivity contribution is -0.909. The number of allylic oxidation sites excluding steroid dienone is 2. The minimum Gasteiger partial charge on any atom is -0.388 e. The molecule has 0 rings (SSSR count). The average molecular weight is 258 g/mol. The second-order valence-electron chi connectivity index (χ2n) is 6.02. The molecule has 0 saturated carbocycles. The van der Waals surface area contributed by atoms with Crippen LogP contribution >= 0.6 is 0 Å². The first-order valence-electron chi connectivity index (χ1n) is 7.14. The highest BCUT2D eigenvalue weighted by atomic mass is 16.3. The van der Waals surface area contributed by atoms with E-state index in [1.165, 1.54) is 16.9 Å². The molecule has 0 amide bonds. The van der Waals surface area contributed by atoms with Crippen molar-refractivity contribution in [3.63, 3.8) is 0 Å². The number of hydrogen-bond donors (Lipinski definition) is 3. The van der Waals surface area contributed by atoms with E-state index in [-0.39, 0.29) is 12.2 Å². The summed E-state index contributed by atoms with van der Waals surface area (Å²) in [5.74, 6) is 0.619. The van der Waals surface area contributed by atoms with Crippen molar-refractivity contribution >= 4 is 0 Å². The maximum Gasteiger partial charge on any atom is 0.103 e. The fourth-order valence-electron chi connectivity index (χ4n) is 2.34. The summed E-state index contributed by atoms with van der Waals surface area (Å²) in [6.45, 7) is 12.6. The number of nitrogens with one attached hydrogen (secondary N) is 1. The van der Waals surface area contributed by atoms with Gasteiger partial charge in [-0.3, -0.25) is 0 Å². The van der Waals surface area contributed by atoms with Gasteiger partial charge in [-0.1, -0.05) is 18.6 Å². The van der Waals surface area contributed by atoms with E-state index in [4.69, 9.17) is 0 Å². The molecule has 0 aromatic heterocycles. The monoisotopic (exact) mass is 258 g/mol. The fraction of sp³-hybridized carbons (Fsp3) is 0.867. The largest absolute Gasteiger partial charge is 0.388 e. The van der Waals surface area contributed by atoms with E-state index in [0.717, 1.165) is 26.1 Å². The summed E-state index contributed by atoms with van der Waals surface area (Å²) in [6.07, 6.45) is 3.97. The summed E-state index contributed by atoms with van der Waals surface area (Å²) < 4.78 is 0. The van der Waals surface area contributed by atoms with Crippen LogP contribution in [-0.2, 0) is 0 Å². The molecule has 0 bridgehead atoms. The van der Waals surface area contributed by atoms with Crippen molar-refractivity contribution in [3.05, 3.63) is 11.6 Å². The minimum absolute atomic E-state index is 0.302. The second kappa shape index (κ2) is 9.54. The van der Waals surface area contributed by atoms with Crippen LogP contribution in [0.25, 0.3) is 0 Å². The Kier molecular flexibility index (Phi) is 9.34. The molecule has 0 aliphatic rings. The molecule has 3 heteroatoms. The van der Waals surface area contributed by atoms with E-state index in [0.29, 0.717) is 5.92 Å². The second-order valence-corrected chi connectivity index (χ2v) is 6.02. The lowest BCUT2D eigenvalue weighted by Gasteiger charge is -2.25. The van der Waals surface area contributed by atoms with E-state index >= 15 is 0 Å². The van der Waals surface area contributed by atoms with Crippen LogP contribution in [0.15, 0.2) is 11.6 Å². The highest BCUT2D eigenvalue weighted by Gasteiger charge is 2.17. The van der Waals surface area contributed by atoms with Gasteiger partial charge < -0.3 is 15.1 Å². The lowest BCUT2D eigenvalue weighted by atomic mass is 10.0. The first-order chi connectivity index (χ1) is 8.31. The van der Waals surface area contributed by atoms with Gasteiger partial charge in [0.1, 0.15) is 25.3 Å². The summed E-state index contributed by atoms with van der Waals surface area (Å²) in [5, 5.41) is 19.0. The molecule has 0 unspecified atom stereocenters. The fourth-order valence-corrected chi connectivity index (χ4v) is 2.34. The van der Waals surface area contributed by atoms with E-state index in [1.54, 1.807) is 0 Å². The molecule has 3 nitrogen and oxygen atoms in total. The normalized spacial score (nSPS) is 16.4. The molecular weight excluding hydrogens is 226 g/mol. The lowest BCUT2D eigenvalue weighted by Crippen LogP contribution is -3.14. The molecule has 0 saturated heterocycles. The van der Waals surface area contributed by atoms with Crippen molar-refractivity contribution in [1.29, 1.82) is 0 Å². The van der Waals surface area contributed by atoms with E-state index in [2.05, 4.69) is 26.8 Å². The Labute approximate surface area is 113 Å². The van der Waals surface area contributed by atoms with Crippen molar-refractivity contribution in [3.8, 4) is 0 Å². The Bertz CT molecular complexity index is 223. The number of hydrogen-bond acceptors (Lipinski definition) is 2. The average Bonchev–Trinajstić information content (AvgIpc) is 2.13. The molecule has 3 atom stereocenters. The summed E-state index contributed by atoms with van der Waals surface area (Å²) in [7, 11) is 0. The third-order valence-electron chi connectivity index (χ3n) is 3.02. The molecule has 0 radical (unpaired) electrons. The summed E-state index contributed by atoms with van der Waals surface area (Å²) >= 11 is 0. The van der Waals surface area contributed by atoms with E-state index < -0.39 is 0 Å². The highest BCUT2D eigenvalue weighted by molar-refractivity contribution is 4.92. The Morgan fingerprint density at radius 2 is 1.50 bits per heavy atom. The molecule has 0 fully saturated rings. The van der Waals surface area contributed by atoms with Gasteiger partial charge in [0.15, 0.2) is 0 Å². The molecule has 0 aromatic carbocycles. The van der Waals surface area contributed by atoms with Crippen molar-refractivity contribution in [2.45, 2.75) is 59.7 Å². The van der Waals surface area contributed by atoms with Gasteiger partial charge in [0.25, 0.3) is 0 Å². The van der Waals surface area contributed by atoms with Gasteiger partial charge in [0.05, 0.1) is 6.54 Å². The molecule has 0 heterocycles. The van der Waals surface area contributed by atoms with Crippen molar-refractivity contribution in [1.82, 2.24) is 0 Å². The van der Waals surface area contributed by atoms with Crippen LogP contribution in [0.4, 0.5) is 0 Å². The first-order valence-corrected chi connectivity index (χ1v) is 7.14. The molecule has 3 N–H and O–H groups in total. The van der Waals surface area contributed by atoms with Gasteiger partial charge in [0.2, 0.25) is 0 Å². The van der Waals surface area contributed by atoms with Crippen LogP contribution < -0.4 is 4.90 Å². The van der Waals surface area contributed by atoms with Gasteiger partial charge >= 0.3 is 0 Å². The predicted octanol–water partition coefficient (Wildman–Crippen LogP) is 1.02. The zero-order chi connectivity index (χ0) is 14.1. The maximum atomic E-state index is 9.49. The van der Waals surface area contributed by atoms with Gasteiger partial charge in [-0.25, -0.2) is 0 Å². The summed E-state index contributed by atoms with van der Waals surface area (Å²) in [6, 6.07) is 0. The predicted molar refractivity (Wildman–Crippen MR) is 76.8 cm³/mol. The zero-order valence-corrected chi connectivity index (χ0v) is 12.7. The minimum atomic E-state index is -0.302. The summed E-state index contributed by atoms with van der Waals surface area (Å²) in [4.78, 5) is 1.30. The molecule has 0 aliphatic heterocycles. The van der Waals surface area contributed by atoms with Crippen molar-refractivity contribution < 1.29 is 15.1 Å². The topological polar surface area (TPSA) is 44.9 Å². The van der Waals surface area contributed by atoms with Crippen LogP contribution in [0, 0.1) is 5.92 Å².